The number of methoxy groups -OCH3 is 1. The number of piperidine rings is 1. The van der Waals surface area contributed by atoms with Crippen molar-refractivity contribution in [2.75, 3.05) is 20.2 Å². The van der Waals surface area contributed by atoms with E-state index in [1.54, 1.807) is 23.9 Å². The van der Waals surface area contributed by atoms with Crippen LogP contribution in [0.4, 0.5) is 4.39 Å². The molecule has 0 spiro atoms. The number of ether oxygens (including phenoxy) is 1. The molecule has 0 amide bonds. The molecule has 0 radical (unpaired) electrons. The van der Waals surface area contributed by atoms with Crippen molar-refractivity contribution in [2.24, 2.45) is 0 Å². The molecule has 1 aliphatic rings. The van der Waals surface area contributed by atoms with Gasteiger partial charge in [-0.15, -0.1) is 0 Å². The molecule has 1 saturated heterocycles. The molecule has 5 nitrogen and oxygen atoms in total. The molecular weight excluding hydrogens is 357 g/mol. The van der Waals surface area contributed by atoms with Gasteiger partial charge in [0.25, 0.3) is 0 Å². The number of likely N-dealkylation sites (tertiary alicyclic amines) is 1. The first-order chi connectivity index (χ1) is 13.6. The van der Waals surface area contributed by atoms with E-state index in [9.17, 15) is 9.50 Å². The Balaban J connectivity index is 1.40. The second-order valence-electron chi connectivity index (χ2n) is 7.28. The lowest BCUT2D eigenvalue weighted by molar-refractivity contribution is -0.0292. The monoisotopic (exact) mass is 381 g/mol. The third-order valence-electron chi connectivity index (χ3n) is 5.42. The Morgan fingerprint density at radius 3 is 2.54 bits per heavy atom. The van der Waals surface area contributed by atoms with Crippen molar-refractivity contribution in [3.05, 3.63) is 77.9 Å². The number of para-hydroxylation sites is 1. The molecule has 0 bridgehead atoms. The lowest BCUT2D eigenvalue weighted by atomic mass is 9.84. The summed E-state index contributed by atoms with van der Waals surface area (Å²) in [5, 5.41) is 15.5. The number of benzene rings is 2. The molecular formula is C22H24FN3O2. The number of hydrogen-bond acceptors (Lipinski definition) is 4. The van der Waals surface area contributed by atoms with Gasteiger partial charge in [0.1, 0.15) is 11.6 Å². The summed E-state index contributed by atoms with van der Waals surface area (Å²) >= 11 is 0. The van der Waals surface area contributed by atoms with Crippen molar-refractivity contribution in [3.8, 4) is 11.4 Å². The normalized spacial score (nSPS) is 16.8. The predicted molar refractivity (Wildman–Crippen MR) is 105 cm³/mol. The number of hydrogen-bond donors (Lipinski definition) is 1. The van der Waals surface area contributed by atoms with Crippen molar-refractivity contribution < 1.29 is 14.2 Å². The maximum Gasteiger partial charge on any atom is 0.124 e. The van der Waals surface area contributed by atoms with Gasteiger partial charge in [-0.25, -0.2) is 9.07 Å². The van der Waals surface area contributed by atoms with E-state index in [1.165, 1.54) is 12.1 Å². The van der Waals surface area contributed by atoms with Crippen LogP contribution in [0, 0.1) is 5.82 Å². The zero-order valence-electron chi connectivity index (χ0n) is 15.9. The summed E-state index contributed by atoms with van der Waals surface area (Å²) < 4.78 is 20.3. The third kappa shape index (κ3) is 3.79. The molecule has 28 heavy (non-hydrogen) atoms. The van der Waals surface area contributed by atoms with Gasteiger partial charge in [0.05, 0.1) is 24.6 Å². The fourth-order valence-electron chi connectivity index (χ4n) is 3.81. The SMILES string of the molecule is COc1ccccc1C1(O)CCN(Cc2cnn(-c3ccc(F)cc3)c2)CC1. The number of halogens is 1. The summed E-state index contributed by atoms with van der Waals surface area (Å²) in [6, 6.07) is 14.0. The molecule has 3 aromatic rings. The van der Waals surface area contributed by atoms with E-state index in [0.717, 1.165) is 42.2 Å². The number of aliphatic hydroxyl groups is 1. The van der Waals surface area contributed by atoms with Gasteiger partial charge in [0, 0.05) is 37.0 Å². The van der Waals surface area contributed by atoms with Crippen LogP contribution in [-0.4, -0.2) is 40.0 Å². The summed E-state index contributed by atoms with van der Waals surface area (Å²) in [5.41, 5.74) is 1.92. The average Bonchev–Trinajstić information content (AvgIpc) is 3.19. The summed E-state index contributed by atoms with van der Waals surface area (Å²) in [6.45, 7) is 2.34. The van der Waals surface area contributed by atoms with Crippen LogP contribution in [0.25, 0.3) is 5.69 Å². The Labute approximate surface area is 164 Å². The maximum atomic E-state index is 13.1. The Morgan fingerprint density at radius 2 is 1.82 bits per heavy atom. The number of rotatable bonds is 5. The van der Waals surface area contributed by atoms with Crippen LogP contribution >= 0.6 is 0 Å². The van der Waals surface area contributed by atoms with Crippen LogP contribution in [0.2, 0.25) is 0 Å². The van der Waals surface area contributed by atoms with Gasteiger partial charge in [-0.1, -0.05) is 18.2 Å². The molecule has 0 aliphatic carbocycles. The van der Waals surface area contributed by atoms with E-state index in [2.05, 4.69) is 10.00 Å². The van der Waals surface area contributed by atoms with Crippen molar-refractivity contribution in [2.45, 2.75) is 25.0 Å². The third-order valence-corrected chi connectivity index (χ3v) is 5.42. The Hall–Kier alpha value is -2.70. The minimum absolute atomic E-state index is 0.257. The van der Waals surface area contributed by atoms with Crippen molar-refractivity contribution >= 4 is 0 Å². The lowest BCUT2D eigenvalue weighted by Gasteiger charge is -2.38. The second kappa shape index (κ2) is 7.73. The molecule has 0 saturated carbocycles. The van der Waals surface area contributed by atoms with E-state index >= 15 is 0 Å². The van der Waals surface area contributed by atoms with Crippen LogP contribution in [-0.2, 0) is 12.1 Å². The van der Waals surface area contributed by atoms with Crippen LogP contribution in [0.15, 0.2) is 60.9 Å². The molecule has 1 aromatic heterocycles. The molecule has 4 rings (SSSR count). The van der Waals surface area contributed by atoms with Crippen molar-refractivity contribution in [1.82, 2.24) is 14.7 Å². The van der Waals surface area contributed by atoms with E-state index in [-0.39, 0.29) is 5.82 Å². The lowest BCUT2D eigenvalue weighted by Crippen LogP contribution is -2.42. The highest BCUT2D eigenvalue weighted by atomic mass is 19.1. The average molecular weight is 381 g/mol. The molecule has 6 heteroatoms. The van der Waals surface area contributed by atoms with Gasteiger partial charge >= 0.3 is 0 Å². The van der Waals surface area contributed by atoms with E-state index in [1.807, 2.05) is 36.7 Å². The highest BCUT2D eigenvalue weighted by molar-refractivity contribution is 5.38. The van der Waals surface area contributed by atoms with Crippen LogP contribution in [0.5, 0.6) is 5.75 Å². The fraction of sp³-hybridized carbons (Fsp3) is 0.318. The van der Waals surface area contributed by atoms with Crippen LogP contribution in [0.3, 0.4) is 0 Å². The zero-order valence-corrected chi connectivity index (χ0v) is 15.9. The van der Waals surface area contributed by atoms with Crippen molar-refractivity contribution in [1.29, 1.82) is 0 Å². The Bertz CT molecular complexity index is 931. The second-order valence-corrected chi connectivity index (χ2v) is 7.28. The van der Waals surface area contributed by atoms with Crippen molar-refractivity contribution in [3.63, 3.8) is 0 Å². The highest BCUT2D eigenvalue weighted by Gasteiger charge is 2.36. The summed E-state index contributed by atoms with van der Waals surface area (Å²) in [5.74, 6) is 0.478. The van der Waals surface area contributed by atoms with Gasteiger partial charge in [0.15, 0.2) is 0 Å². The Morgan fingerprint density at radius 1 is 1.11 bits per heavy atom. The minimum Gasteiger partial charge on any atom is -0.496 e. The standard InChI is InChI=1S/C22H24FN3O2/c1-28-21-5-3-2-4-20(21)22(27)10-12-25(13-11-22)15-17-14-24-26(16-17)19-8-6-18(23)7-9-19/h2-9,14,16,27H,10-13,15H2,1H3. The highest BCUT2D eigenvalue weighted by Crippen LogP contribution is 2.38. The van der Waals surface area contributed by atoms with E-state index in [4.69, 9.17) is 4.74 Å². The van der Waals surface area contributed by atoms with Crippen LogP contribution in [0.1, 0.15) is 24.0 Å². The van der Waals surface area contributed by atoms with Gasteiger partial charge in [-0.2, -0.15) is 5.10 Å². The van der Waals surface area contributed by atoms with E-state index in [0.29, 0.717) is 12.8 Å². The molecule has 2 heterocycles. The first-order valence-corrected chi connectivity index (χ1v) is 9.45. The number of nitrogens with zero attached hydrogens (tertiary/aromatic N) is 3. The molecule has 146 valence electrons. The first-order valence-electron chi connectivity index (χ1n) is 9.45. The zero-order chi connectivity index (χ0) is 19.6. The smallest absolute Gasteiger partial charge is 0.124 e. The maximum absolute atomic E-state index is 13.1. The number of aromatic nitrogens is 2. The molecule has 2 aromatic carbocycles. The van der Waals surface area contributed by atoms with Gasteiger partial charge in [-0.3, -0.25) is 4.90 Å². The van der Waals surface area contributed by atoms with Gasteiger partial charge in [-0.05, 0) is 43.2 Å². The minimum atomic E-state index is -0.860. The molecule has 1 aliphatic heterocycles. The van der Waals surface area contributed by atoms with Crippen LogP contribution < -0.4 is 4.74 Å². The Kier molecular flexibility index (Phi) is 5.15. The molecule has 0 unspecified atom stereocenters. The molecule has 1 N–H and O–H groups in total. The van der Waals surface area contributed by atoms with Gasteiger partial charge < -0.3 is 9.84 Å². The quantitative estimate of drug-likeness (QED) is 0.735. The topological polar surface area (TPSA) is 50.5 Å². The summed E-state index contributed by atoms with van der Waals surface area (Å²) in [7, 11) is 1.64. The van der Waals surface area contributed by atoms with Gasteiger partial charge in [0.2, 0.25) is 0 Å². The summed E-state index contributed by atoms with van der Waals surface area (Å²) in [6.07, 6.45) is 5.11. The predicted octanol–water partition coefficient (Wildman–Crippen LogP) is 3.50. The van der Waals surface area contributed by atoms with E-state index < -0.39 is 5.60 Å². The fourth-order valence-corrected chi connectivity index (χ4v) is 3.81. The first kappa shape index (κ1) is 18.7. The largest absolute Gasteiger partial charge is 0.496 e. The summed E-state index contributed by atoms with van der Waals surface area (Å²) in [4.78, 5) is 2.32. The molecule has 0 atom stereocenters. The molecule has 1 fully saturated rings.